The van der Waals surface area contributed by atoms with Gasteiger partial charge in [-0.05, 0) is 31.5 Å². The topological polar surface area (TPSA) is 26.0 Å². The summed E-state index contributed by atoms with van der Waals surface area (Å²) in [6.07, 6.45) is 0. The quantitative estimate of drug-likeness (QED) is 0.813. The maximum atomic E-state index is 13.5. The Hall–Kier alpha value is -0.670. The van der Waals surface area contributed by atoms with Crippen LogP contribution in [-0.4, -0.2) is 6.04 Å². The summed E-state index contributed by atoms with van der Waals surface area (Å²) >= 11 is 5.67. The molecular formula is C10H12ClF2N. The van der Waals surface area contributed by atoms with Crippen molar-refractivity contribution < 1.29 is 8.78 Å². The van der Waals surface area contributed by atoms with Crippen molar-refractivity contribution in [2.24, 2.45) is 5.73 Å². The predicted octanol–water partition coefficient (Wildman–Crippen LogP) is 3.09. The van der Waals surface area contributed by atoms with Crippen LogP contribution in [-0.2, 0) is 5.92 Å². The zero-order valence-electron chi connectivity index (χ0n) is 8.02. The second kappa shape index (κ2) is 3.83. The third-order valence-corrected chi connectivity index (χ3v) is 2.35. The lowest BCUT2D eigenvalue weighted by atomic mass is 9.98. The van der Waals surface area contributed by atoms with Crippen LogP contribution < -0.4 is 5.73 Å². The average Bonchev–Trinajstić information content (AvgIpc) is 2.02. The van der Waals surface area contributed by atoms with Crippen molar-refractivity contribution in [1.82, 2.24) is 0 Å². The third kappa shape index (κ3) is 2.04. The van der Waals surface area contributed by atoms with Crippen LogP contribution in [0.25, 0.3) is 0 Å². The summed E-state index contributed by atoms with van der Waals surface area (Å²) in [5, 5.41) is 0.451. The van der Waals surface area contributed by atoms with Gasteiger partial charge >= 0.3 is 0 Å². The van der Waals surface area contributed by atoms with Crippen molar-refractivity contribution in [3.8, 4) is 0 Å². The zero-order chi connectivity index (χ0) is 10.9. The summed E-state index contributed by atoms with van der Waals surface area (Å²) in [6, 6.07) is 3.07. The van der Waals surface area contributed by atoms with Gasteiger partial charge in [-0.15, -0.1) is 0 Å². The number of hydrogen-bond acceptors (Lipinski definition) is 1. The maximum Gasteiger partial charge on any atom is 0.287 e. The molecule has 14 heavy (non-hydrogen) atoms. The van der Waals surface area contributed by atoms with Crippen LogP contribution in [0.15, 0.2) is 18.2 Å². The molecule has 0 saturated carbocycles. The van der Waals surface area contributed by atoms with E-state index >= 15 is 0 Å². The largest absolute Gasteiger partial charge is 0.323 e. The van der Waals surface area contributed by atoms with E-state index in [0.29, 0.717) is 10.6 Å². The van der Waals surface area contributed by atoms with E-state index in [-0.39, 0.29) is 5.56 Å². The van der Waals surface area contributed by atoms with E-state index in [9.17, 15) is 8.78 Å². The van der Waals surface area contributed by atoms with Crippen LogP contribution in [0.2, 0.25) is 5.02 Å². The van der Waals surface area contributed by atoms with Crippen LogP contribution in [0.1, 0.15) is 18.1 Å². The smallest absolute Gasteiger partial charge is 0.287 e. The van der Waals surface area contributed by atoms with E-state index in [0.717, 1.165) is 0 Å². The molecular weight excluding hydrogens is 208 g/mol. The Morgan fingerprint density at radius 1 is 1.43 bits per heavy atom. The molecule has 1 unspecified atom stereocenters. The molecule has 0 heterocycles. The van der Waals surface area contributed by atoms with Gasteiger partial charge in [-0.3, -0.25) is 0 Å². The Kier molecular flexibility index (Phi) is 3.12. The number of rotatable bonds is 2. The molecule has 0 fully saturated rings. The van der Waals surface area contributed by atoms with Crippen molar-refractivity contribution in [3.05, 3.63) is 34.3 Å². The first-order chi connectivity index (χ1) is 6.35. The summed E-state index contributed by atoms with van der Waals surface area (Å²) < 4.78 is 27.0. The van der Waals surface area contributed by atoms with E-state index in [1.807, 2.05) is 0 Å². The Labute approximate surface area is 86.9 Å². The Bertz CT molecular complexity index is 337. The molecule has 0 aliphatic rings. The average molecular weight is 220 g/mol. The van der Waals surface area contributed by atoms with Gasteiger partial charge in [0, 0.05) is 10.6 Å². The van der Waals surface area contributed by atoms with Crippen molar-refractivity contribution in [2.75, 3.05) is 0 Å². The number of halogens is 3. The summed E-state index contributed by atoms with van der Waals surface area (Å²) in [7, 11) is 0. The van der Waals surface area contributed by atoms with Crippen LogP contribution in [0, 0.1) is 6.92 Å². The Morgan fingerprint density at radius 3 is 2.43 bits per heavy atom. The summed E-state index contributed by atoms with van der Waals surface area (Å²) in [5.41, 5.74) is 5.63. The second-order valence-corrected chi connectivity index (χ2v) is 3.81. The molecule has 2 N–H and O–H groups in total. The fourth-order valence-corrected chi connectivity index (χ4v) is 1.47. The third-order valence-electron chi connectivity index (χ3n) is 2.12. The van der Waals surface area contributed by atoms with E-state index < -0.39 is 12.0 Å². The van der Waals surface area contributed by atoms with Gasteiger partial charge in [-0.2, -0.15) is 8.78 Å². The highest BCUT2D eigenvalue weighted by atomic mass is 35.5. The second-order valence-electron chi connectivity index (χ2n) is 3.37. The van der Waals surface area contributed by atoms with E-state index in [4.69, 9.17) is 17.3 Å². The van der Waals surface area contributed by atoms with Gasteiger partial charge in [-0.25, -0.2) is 0 Å². The minimum absolute atomic E-state index is 0.0584. The molecule has 0 saturated heterocycles. The highest BCUT2D eigenvalue weighted by Crippen LogP contribution is 2.33. The number of hydrogen-bond donors (Lipinski definition) is 1. The van der Waals surface area contributed by atoms with Gasteiger partial charge < -0.3 is 5.73 Å². The van der Waals surface area contributed by atoms with Crippen molar-refractivity contribution in [1.29, 1.82) is 0 Å². The standard InChI is InChI=1S/C10H12ClF2N/c1-6-5-8(11)3-4-9(6)10(12,13)7(2)14/h3-5,7H,14H2,1-2H3. The van der Waals surface area contributed by atoms with E-state index in [2.05, 4.69) is 0 Å². The minimum atomic E-state index is -3.01. The summed E-state index contributed by atoms with van der Waals surface area (Å²) in [4.78, 5) is 0. The number of aryl methyl sites for hydroxylation is 1. The van der Waals surface area contributed by atoms with Gasteiger partial charge in [0.25, 0.3) is 5.92 Å². The fourth-order valence-electron chi connectivity index (χ4n) is 1.25. The van der Waals surface area contributed by atoms with E-state index in [1.54, 1.807) is 6.92 Å². The Morgan fingerprint density at radius 2 is 2.00 bits per heavy atom. The van der Waals surface area contributed by atoms with Gasteiger partial charge in [0.05, 0.1) is 6.04 Å². The normalized spacial score (nSPS) is 14.1. The molecule has 0 aliphatic carbocycles. The molecule has 1 atom stereocenters. The molecule has 1 aromatic carbocycles. The van der Waals surface area contributed by atoms with Crippen LogP contribution in [0.3, 0.4) is 0 Å². The monoisotopic (exact) mass is 219 g/mol. The molecule has 1 aromatic rings. The SMILES string of the molecule is Cc1cc(Cl)ccc1C(F)(F)C(C)N. The number of benzene rings is 1. The van der Waals surface area contributed by atoms with Crippen LogP contribution >= 0.6 is 11.6 Å². The highest BCUT2D eigenvalue weighted by Gasteiger charge is 2.37. The lowest BCUT2D eigenvalue weighted by Crippen LogP contribution is -2.36. The van der Waals surface area contributed by atoms with Crippen molar-refractivity contribution in [3.63, 3.8) is 0 Å². The maximum absolute atomic E-state index is 13.5. The molecule has 0 amide bonds. The van der Waals surface area contributed by atoms with Gasteiger partial charge in [-0.1, -0.05) is 17.7 Å². The fraction of sp³-hybridized carbons (Fsp3) is 0.400. The summed E-state index contributed by atoms with van der Waals surface area (Å²) in [6.45, 7) is 2.88. The Balaban J connectivity index is 3.19. The molecule has 0 spiro atoms. The van der Waals surface area contributed by atoms with Gasteiger partial charge in [0.1, 0.15) is 0 Å². The molecule has 1 rings (SSSR count). The van der Waals surface area contributed by atoms with Crippen molar-refractivity contribution >= 4 is 11.6 Å². The van der Waals surface area contributed by atoms with E-state index in [1.165, 1.54) is 25.1 Å². The molecule has 0 radical (unpaired) electrons. The van der Waals surface area contributed by atoms with Gasteiger partial charge in [0.15, 0.2) is 0 Å². The zero-order valence-corrected chi connectivity index (χ0v) is 8.78. The van der Waals surface area contributed by atoms with Gasteiger partial charge in [0.2, 0.25) is 0 Å². The first-order valence-corrected chi connectivity index (χ1v) is 4.63. The number of alkyl halides is 2. The first kappa shape index (κ1) is 11.4. The molecule has 0 bridgehead atoms. The molecule has 1 nitrogen and oxygen atoms in total. The highest BCUT2D eigenvalue weighted by molar-refractivity contribution is 6.30. The molecule has 0 aromatic heterocycles. The molecule has 0 aliphatic heterocycles. The predicted molar refractivity (Wildman–Crippen MR) is 53.7 cm³/mol. The van der Waals surface area contributed by atoms with Crippen molar-refractivity contribution in [2.45, 2.75) is 25.8 Å². The molecule has 4 heteroatoms. The summed E-state index contributed by atoms with van der Waals surface area (Å²) in [5.74, 6) is -3.01. The minimum Gasteiger partial charge on any atom is -0.323 e. The molecule has 78 valence electrons. The van der Waals surface area contributed by atoms with Crippen LogP contribution in [0.4, 0.5) is 8.78 Å². The number of nitrogens with two attached hydrogens (primary N) is 1. The lowest BCUT2D eigenvalue weighted by molar-refractivity contribution is -0.0262. The first-order valence-electron chi connectivity index (χ1n) is 4.25. The lowest BCUT2D eigenvalue weighted by Gasteiger charge is -2.22. The van der Waals surface area contributed by atoms with Crippen LogP contribution in [0.5, 0.6) is 0 Å².